The van der Waals surface area contributed by atoms with Crippen LogP contribution in [0.2, 0.25) is 0 Å². The van der Waals surface area contributed by atoms with Gasteiger partial charge in [-0.3, -0.25) is 4.79 Å². The third-order valence-electron chi connectivity index (χ3n) is 4.89. The van der Waals surface area contributed by atoms with E-state index in [1.165, 1.54) is 17.0 Å². The topological polar surface area (TPSA) is 41.9 Å². The molecule has 0 radical (unpaired) electrons. The van der Waals surface area contributed by atoms with E-state index in [0.29, 0.717) is 11.1 Å². The first kappa shape index (κ1) is 16.4. The molecule has 1 aromatic rings. The van der Waals surface area contributed by atoms with Crippen molar-refractivity contribution >= 4 is 11.6 Å². The molecule has 1 aromatic carbocycles. The highest BCUT2D eigenvalue weighted by Crippen LogP contribution is 2.40. The zero-order chi connectivity index (χ0) is 17.8. The first-order valence-corrected chi connectivity index (χ1v) is 8.14. The summed E-state index contributed by atoms with van der Waals surface area (Å²) in [5, 5.41) is 3.49. The summed E-state index contributed by atoms with van der Waals surface area (Å²) < 4.78 is 52.7. The van der Waals surface area contributed by atoms with E-state index in [1.54, 1.807) is 12.1 Å². The molecule has 1 aliphatic carbocycles. The monoisotopic (exact) mass is 356 g/mol. The SMILES string of the molecule is O=C(C1CC1)N1CC(F)(c2ccc(C3=NOC(C(F)(F)F)C3)cc2)C1. The lowest BCUT2D eigenvalue weighted by atomic mass is 9.86. The highest BCUT2D eigenvalue weighted by Gasteiger charge is 2.50. The first-order chi connectivity index (χ1) is 11.8. The van der Waals surface area contributed by atoms with Crippen molar-refractivity contribution in [2.45, 2.75) is 37.2 Å². The Hall–Kier alpha value is -2.12. The Morgan fingerprint density at radius 3 is 2.36 bits per heavy atom. The maximum absolute atomic E-state index is 14.9. The standard InChI is InChI=1S/C17H16F4N2O2/c18-16(8-23(9-16)15(24)11-1-2-11)12-5-3-10(4-6-12)13-7-14(25-22-13)17(19,20)21/h3-6,11,14H,1-2,7-9H2. The third-order valence-corrected chi connectivity index (χ3v) is 4.89. The first-order valence-electron chi connectivity index (χ1n) is 8.14. The number of benzene rings is 1. The lowest BCUT2D eigenvalue weighted by Crippen LogP contribution is -2.59. The molecule has 1 unspecified atom stereocenters. The number of alkyl halides is 4. The second-order valence-corrected chi connectivity index (χ2v) is 6.89. The molecule has 134 valence electrons. The number of amides is 1. The summed E-state index contributed by atoms with van der Waals surface area (Å²) in [5.74, 6) is 0.0782. The van der Waals surface area contributed by atoms with Crippen LogP contribution in [0.4, 0.5) is 17.6 Å². The molecule has 25 heavy (non-hydrogen) atoms. The van der Waals surface area contributed by atoms with Crippen molar-refractivity contribution in [2.24, 2.45) is 11.1 Å². The molecule has 4 rings (SSSR count). The van der Waals surface area contributed by atoms with Crippen molar-refractivity contribution in [3.63, 3.8) is 0 Å². The van der Waals surface area contributed by atoms with Gasteiger partial charge in [-0.15, -0.1) is 0 Å². The maximum atomic E-state index is 14.9. The van der Waals surface area contributed by atoms with E-state index >= 15 is 0 Å². The Morgan fingerprint density at radius 1 is 1.20 bits per heavy atom. The third kappa shape index (κ3) is 2.98. The molecule has 0 N–H and O–H groups in total. The van der Waals surface area contributed by atoms with Gasteiger partial charge in [0.05, 0.1) is 18.8 Å². The number of rotatable bonds is 3. The Bertz CT molecular complexity index is 719. The molecule has 4 nitrogen and oxygen atoms in total. The van der Waals surface area contributed by atoms with Crippen molar-refractivity contribution in [2.75, 3.05) is 13.1 Å². The number of likely N-dealkylation sites (tertiary alicyclic amines) is 1. The van der Waals surface area contributed by atoms with Gasteiger partial charge in [-0.2, -0.15) is 13.2 Å². The number of hydrogen-bond donors (Lipinski definition) is 0. The Kier molecular flexibility index (Phi) is 3.56. The zero-order valence-electron chi connectivity index (χ0n) is 13.2. The molecular formula is C17H16F4N2O2. The molecule has 0 bridgehead atoms. The van der Waals surface area contributed by atoms with Crippen LogP contribution in [-0.2, 0) is 15.3 Å². The van der Waals surface area contributed by atoms with Gasteiger partial charge in [-0.1, -0.05) is 29.4 Å². The van der Waals surface area contributed by atoms with Gasteiger partial charge in [0.15, 0.2) is 5.67 Å². The average molecular weight is 356 g/mol. The van der Waals surface area contributed by atoms with Gasteiger partial charge in [0.25, 0.3) is 0 Å². The molecule has 0 spiro atoms. The van der Waals surface area contributed by atoms with Crippen LogP contribution in [0.15, 0.2) is 29.4 Å². The van der Waals surface area contributed by atoms with Gasteiger partial charge in [0.1, 0.15) is 0 Å². The van der Waals surface area contributed by atoms with E-state index in [-0.39, 0.29) is 37.0 Å². The number of nitrogens with zero attached hydrogens (tertiary/aromatic N) is 2. The van der Waals surface area contributed by atoms with Crippen LogP contribution in [0.3, 0.4) is 0 Å². The van der Waals surface area contributed by atoms with E-state index in [2.05, 4.69) is 9.99 Å². The fraction of sp³-hybridized carbons (Fsp3) is 0.529. The van der Waals surface area contributed by atoms with Crippen LogP contribution in [0.25, 0.3) is 0 Å². The predicted octanol–water partition coefficient (Wildman–Crippen LogP) is 3.16. The van der Waals surface area contributed by atoms with E-state index < -0.39 is 17.9 Å². The number of carbonyl (C=O) groups is 1. The van der Waals surface area contributed by atoms with Crippen LogP contribution >= 0.6 is 0 Å². The van der Waals surface area contributed by atoms with Gasteiger partial charge in [0, 0.05) is 12.3 Å². The summed E-state index contributed by atoms with van der Waals surface area (Å²) in [6.45, 7) is 0.0593. The smallest absolute Gasteiger partial charge is 0.382 e. The Labute approximate surface area is 141 Å². The molecule has 0 aromatic heterocycles. The normalized spacial score (nSPS) is 25.2. The lowest BCUT2D eigenvalue weighted by Gasteiger charge is -2.45. The summed E-state index contributed by atoms with van der Waals surface area (Å²) in [6.07, 6.45) is -4.98. The van der Waals surface area contributed by atoms with Crippen molar-refractivity contribution in [3.05, 3.63) is 35.4 Å². The minimum atomic E-state index is -4.46. The quantitative estimate of drug-likeness (QED) is 0.781. The van der Waals surface area contributed by atoms with E-state index in [9.17, 15) is 22.4 Å². The van der Waals surface area contributed by atoms with Crippen molar-refractivity contribution in [3.8, 4) is 0 Å². The molecule has 1 atom stereocenters. The number of carbonyl (C=O) groups excluding carboxylic acids is 1. The van der Waals surface area contributed by atoms with Crippen molar-refractivity contribution in [1.29, 1.82) is 0 Å². The largest absolute Gasteiger partial charge is 0.428 e. The molecule has 1 saturated carbocycles. The molecule has 2 aliphatic heterocycles. The number of oxime groups is 1. The van der Waals surface area contributed by atoms with Gasteiger partial charge in [-0.25, -0.2) is 4.39 Å². The second-order valence-electron chi connectivity index (χ2n) is 6.89. The number of hydrogen-bond acceptors (Lipinski definition) is 3. The predicted molar refractivity (Wildman–Crippen MR) is 80.6 cm³/mol. The van der Waals surface area contributed by atoms with Gasteiger partial charge in [-0.05, 0) is 24.0 Å². The van der Waals surface area contributed by atoms with Crippen LogP contribution < -0.4 is 0 Å². The molecule has 1 saturated heterocycles. The van der Waals surface area contributed by atoms with E-state index in [1.807, 2.05) is 0 Å². The molecule has 1 amide bonds. The van der Waals surface area contributed by atoms with E-state index in [4.69, 9.17) is 0 Å². The zero-order valence-corrected chi connectivity index (χ0v) is 13.2. The summed E-state index contributed by atoms with van der Waals surface area (Å²) in [5.41, 5.74) is -0.501. The Balaban J connectivity index is 1.40. The molecule has 2 heterocycles. The van der Waals surface area contributed by atoms with Crippen LogP contribution in [-0.4, -0.2) is 41.9 Å². The number of halogens is 4. The van der Waals surface area contributed by atoms with Crippen molar-refractivity contribution < 1.29 is 27.2 Å². The highest BCUT2D eigenvalue weighted by atomic mass is 19.4. The maximum Gasteiger partial charge on any atom is 0.428 e. The van der Waals surface area contributed by atoms with Crippen molar-refractivity contribution in [1.82, 2.24) is 4.90 Å². The van der Waals surface area contributed by atoms with Gasteiger partial charge < -0.3 is 9.74 Å². The lowest BCUT2D eigenvalue weighted by molar-refractivity contribution is -0.212. The van der Waals surface area contributed by atoms with Crippen LogP contribution in [0.1, 0.15) is 30.4 Å². The summed E-state index contributed by atoms with van der Waals surface area (Å²) in [6, 6.07) is 6.17. The van der Waals surface area contributed by atoms with E-state index in [0.717, 1.165) is 12.8 Å². The Morgan fingerprint density at radius 2 is 1.84 bits per heavy atom. The summed E-state index contributed by atoms with van der Waals surface area (Å²) in [7, 11) is 0. The van der Waals surface area contributed by atoms with Gasteiger partial charge >= 0.3 is 6.18 Å². The molecule has 3 aliphatic rings. The minimum absolute atomic E-state index is 0.0144. The molecule has 2 fully saturated rings. The molecular weight excluding hydrogens is 340 g/mol. The summed E-state index contributed by atoms with van der Waals surface area (Å²) >= 11 is 0. The van der Waals surface area contributed by atoms with Crippen LogP contribution in [0, 0.1) is 5.92 Å². The second kappa shape index (κ2) is 5.44. The minimum Gasteiger partial charge on any atom is -0.382 e. The highest BCUT2D eigenvalue weighted by molar-refractivity contribution is 6.01. The fourth-order valence-electron chi connectivity index (χ4n) is 3.17. The summed E-state index contributed by atoms with van der Waals surface area (Å²) in [4.78, 5) is 17.8. The fourth-order valence-corrected chi connectivity index (χ4v) is 3.17. The molecule has 8 heteroatoms. The van der Waals surface area contributed by atoms with Crippen LogP contribution in [0.5, 0.6) is 0 Å². The average Bonchev–Trinajstić information content (AvgIpc) is 3.26. The van der Waals surface area contributed by atoms with Gasteiger partial charge in [0.2, 0.25) is 12.0 Å².